The Labute approximate surface area is 145 Å². The molecule has 21 heavy (non-hydrogen) atoms. The Balaban J connectivity index is 0.00000220. The number of halogens is 2. The molecule has 1 aliphatic rings. The second-order valence-corrected chi connectivity index (χ2v) is 7.63. The topological polar surface area (TPSA) is 41.1 Å². The summed E-state index contributed by atoms with van der Waals surface area (Å²) in [4.78, 5) is 13.4. The van der Waals surface area contributed by atoms with Crippen molar-refractivity contribution in [1.82, 2.24) is 10.6 Å². The zero-order valence-corrected chi connectivity index (χ0v) is 15.5. The Kier molecular flexibility index (Phi) is 8.09. The van der Waals surface area contributed by atoms with Crippen LogP contribution < -0.4 is 10.6 Å². The summed E-state index contributed by atoms with van der Waals surface area (Å²) >= 11 is 5.02. The van der Waals surface area contributed by atoms with Gasteiger partial charge in [0, 0.05) is 15.4 Å². The number of piperidine rings is 1. The van der Waals surface area contributed by atoms with Crippen molar-refractivity contribution in [2.24, 2.45) is 5.92 Å². The fourth-order valence-corrected chi connectivity index (χ4v) is 3.44. The molecule has 0 saturated carbocycles. The Hall–Kier alpha value is -0.230. The van der Waals surface area contributed by atoms with Crippen molar-refractivity contribution in [3.63, 3.8) is 0 Å². The lowest BCUT2D eigenvalue weighted by Gasteiger charge is -2.31. The zero-order valence-electron chi connectivity index (χ0n) is 12.3. The summed E-state index contributed by atoms with van der Waals surface area (Å²) in [6.07, 6.45) is 1.02. The van der Waals surface area contributed by atoms with Crippen molar-refractivity contribution < 1.29 is 4.79 Å². The molecule has 2 rings (SSSR count). The first kappa shape index (κ1) is 18.8. The average molecular weight is 394 g/mol. The predicted molar refractivity (Wildman–Crippen MR) is 95.3 cm³/mol. The number of hydrogen-bond acceptors (Lipinski definition) is 3. The monoisotopic (exact) mass is 392 g/mol. The van der Waals surface area contributed by atoms with E-state index < -0.39 is 0 Å². The number of nitrogens with one attached hydrogen (secondary N) is 2. The van der Waals surface area contributed by atoms with Gasteiger partial charge < -0.3 is 10.6 Å². The normalized spacial score (nSPS) is 23.0. The first-order valence-electron chi connectivity index (χ1n) is 6.99. The van der Waals surface area contributed by atoms with Gasteiger partial charge in [0.25, 0.3) is 0 Å². The molecular formula is C15H22BrClN2OS. The molecule has 1 fully saturated rings. The molecule has 1 heterocycles. The molecule has 2 N–H and O–H groups in total. The van der Waals surface area contributed by atoms with Gasteiger partial charge in [-0.05, 0) is 56.6 Å². The van der Waals surface area contributed by atoms with Crippen molar-refractivity contribution in [2.75, 3.05) is 13.1 Å². The number of carbonyl (C=O) groups is 1. The lowest BCUT2D eigenvalue weighted by molar-refractivity contribution is -0.121. The molecule has 1 aromatic rings. The predicted octanol–water partition coefficient (Wildman–Crippen LogP) is 3.47. The van der Waals surface area contributed by atoms with Gasteiger partial charge in [-0.25, -0.2) is 0 Å². The van der Waals surface area contributed by atoms with E-state index in [0.717, 1.165) is 28.9 Å². The molecule has 1 saturated heterocycles. The van der Waals surface area contributed by atoms with Gasteiger partial charge in [0.2, 0.25) is 5.91 Å². The van der Waals surface area contributed by atoms with Crippen molar-refractivity contribution in [3.05, 3.63) is 28.7 Å². The maximum Gasteiger partial charge on any atom is 0.233 e. The van der Waals surface area contributed by atoms with Crippen LogP contribution in [0.4, 0.5) is 0 Å². The van der Waals surface area contributed by atoms with Crippen LogP contribution >= 0.6 is 40.1 Å². The van der Waals surface area contributed by atoms with Crippen LogP contribution in [0.2, 0.25) is 0 Å². The van der Waals surface area contributed by atoms with Gasteiger partial charge in [0.1, 0.15) is 0 Å². The van der Waals surface area contributed by atoms with E-state index in [0.29, 0.717) is 12.0 Å². The van der Waals surface area contributed by atoms with Crippen LogP contribution in [0.1, 0.15) is 20.3 Å². The third kappa shape index (κ3) is 5.81. The number of thioether (sulfide) groups is 1. The van der Waals surface area contributed by atoms with Crippen LogP contribution in [-0.4, -0.2) is 30.3 Å². The SMILES string of the molecule is CC(Sc1ccc(Br)cc1)C(=O)NC1CCNCC1C.Cl. The minimum Gasteiger partial charge on any atom is -0.352 e. The molecule has 0 aliphatic carbocycles. The van der Waals surface area contributed by atoms with Gasteiger partial charge in [-0.3, -0.25) is 4.79 Å². The van der Waals surface area contributed by atoms with Gasteiger partial charge in [-0.2, -0.15) is 0 Å². The quantitative estimate of drug-likeness (QED) is 0.770. The summed E-state index contributed by atoms with van der Waals surface area (Å²) < 4.78 is 1.06. The Morgan fingerprint density at radius 3 is 2.71 bits per heavy atom. The highest BCUT2D eigenvalue weighted by Gasteiger charge is 2.24. The lowest BCUT2D eigenvalue weighted by Crippen LogP contribution is -2.50. The van der Waals surface area contributed by atoms with E-state index in [-0.39, 0.29) is 23.6 Å². The van der Waals surface area contributed by atoms with Crippen LogP contribution in [0.15, 0.2) is 33.6 Å². The van der Waals surface area contributed by atoms with Crippen LogP contribution in [0.25, 0.3) is 0 Å². The molecule has 0 spiro atoms. The Morgan fingerprint density at radius 2 is 2.10 bits per heavy atom. The van der Waals surface area contributed by atoms with Crippen LogP contribution in [0.5, 0.6) is 0 Å². The number of amides is 1. The van der Waals surface area contributed by atoms with Crippen molar-refractivity contribution >= 4 is 46.0 Å². The highest BCUT2D eigenvalue weighted by atomic mass is 79.9. The molecule has 1 aliphatic heterocycles. The van der Waals surface area contributed by atoms with E-state index in [1.807, 2.05) is 31.2 Å². The number of rotatable bonds is 4. The third-order valence-electron chi connectivity index (χ3n) is 3.61. The van der Waals surface area contributed by atoms with Gasteiger partial charge in [0.15, 0.2) is 0 Å². The lowest BCUT2D eigenvalue weighted by atomic mass is 9.95. The highest BCUT2D eigenvalue weighted by Crippen LogP contribution is 2.25. The molecule has 0 bridgehead atoms. The van der Waals surface area contributed by atoms with E-state index in [9.17, 15) is 4.79 Å². The van der Waals surface area contributed by atoms with Crippen molar-refractivity contribution in [1.29, 1.82) is 0 Å². The first-order chi connectivity index (χ1) is 9.56. The molecule has 3 atom stereocenters. The van der Waals surface area contributed by atoms with Gasteiger partial charge in [-0.15, -0.1) is 24.2 Å². The molecular weight excluding hydrogens is 372 g/mol. The second-order valence-electron chi connectivity index (χ2n) is 5.30. The Morgan fingerprint density at radius 1 is 1.43 bits per heavy atom. The van der Waals surface area contributed by atoms with Crippen molar-refractivity contribution in [2.45, 2.75) is 36.5 Å². The first-order valence-corrected chi connectivity index (χ1v) is 8.67. The van der Waals surface area contributed by atoms with E-state index in [1.165, 1.54) is 0 Å². The van der Waals surface area contributed by atoms with Crippen molar-refractivity contribution in [3.8, 4) is 0 Å². The molecule has 118 valence electrons. The smallest absolute Gasteiger partial charge is 0.233 e. The molecule has 0 aromatic heterocycles. The third-order valence-corrected chi connectivity index (χ3v) is 5.25. The average Bonchev–Trinajstić information content (AvgIpc) is 2.44. The van der Waals surface area contributed by atoms with E-state index in [1.54, 1.807) is 11.8 Å². The van der Waals surface area contributed by atoms with Crippen LogP contribution in [-0.2, 0) is 4.79 Å². The Bertz CT molecular complexity index is 457. The minimum absolute atomic E-state index is 0. The summed E-state index contributed by atoms with van der Waals surface area (Å²) in [6.45, 7) is 6.13. The van der Waals surface area contributed by atoms with E-state index in [2.05, 4.69) is 33.5 Å². The fourth-order valence-electron chi connectivity index (χ4n) is 2.30. The summed E-state index contributed by atoms with van der Waals surface area (Å²) in [6, 6.07) is 8.37. The van der Waals surface area contributed by atoms with Crippen LogP contribution in [0, 0.1) is 5.92 Å². The fraction of sp³-hybridized carbons (Fsp3) is 0.533. The molecule has 6 heteroatoms. The van der Waals surface area contributed by atoms with Gasteiger partial charge in [-0.1, -0.05) is 22.9 Å². The summed E-state index contributed by atoms with van der Waals surface area (Å²) in [5.41, 5.74) is 0. The van der Waals surface area contributed by atoms with Gasteiger partial charge in [0.05, 0.1) is 5.25 Å². The molecule has 1 aromatic carbocycles. The largest absolute Gasteiger partial charge is 0.352 e. The summed E-state index contributed by atoms with van der Waals surface area (Å²) in [5.74, 6) is 0.634. The summed E-state index contributed by atoms with van der Waals surface area (Å²) in [7, 11) is 0. The number of benzene rings is 1. The number of carbonyl (C=O) groups excluding carboxylic acids is 1. The second kappa shape index (κ2) is 9.03. The van der Waals surface area contributed by atoms with Crippen LogP contribution in [0.3, 0.4) is 0 Å². The maximum absolute atomic E-state index is 12.3. The summed E-state index contributed by atoms with van der Waals surface area (Å²) in [5, 5.41) is 6.47. The van der Waals surface area contributed by atoms with Gasteiger partial charge >= 0.3 is 0 Å². The standard InChI is InChI=1S/C15H21BrN2OS.ClH/c1-10-9-17-8-7-14(10)18-15(19)11(2)20-13-5-3-12(16)4-6-13;/h3-6,10-11,14,17H,7-9H2,1-2H3,(H,18,19);1H. The highest BCUT2D eigenvalue weighted by molar-refractivity contribution is 9.10. The molecule has 3 unspecified atom stereocenters. The molecule has 3 nitrogen and oxygen atoms in total. The number of hydrogen-bond donors (Lipinski definition) is 2. The molecule has 0 radical (unpaired) electrons. The minimum atomic E-state index is -0.0711. The van der Waals surface area contributed by atoms with E-state index >= 15 is 0 Å². The zero-order chi connectivity index (χ0) is 14.5. The maximum atomic E-state index is 12.3. The van der Waals surface area contributed by atoms with E-state index in [4.69, 9.17) is 0 Å². The molecule has 1 amide bonds.